The third-order valence-electron chi connectivity index (χ3n) is 1.05. The minimum atomic E-state index is -0.147. The van der Waals surface area contributed by atoms with E-state index in [2.05, 4.69) is 0 Å². The highest BCUT2D eigenvalue weighted by Crippen LogP contribution is 2.17. The van der Waals surface area contributed by atoms with E-state index in [1.165, 1.54) is 12.3 Å². The molecule has 1 rings (SSSR count). The predicted octanol–water partition coefficient (Wildman–Crippen LogP) is 1.00. The van der Waals surface area contributed by atoms with Gasteiger partial charge in [-0.15, -0.1) is 0 Å². The molecule has 0 aliphatic rings. The van der Waals surface area contributed by atoms with Gasteiger partial charge in [0.15, 0.2) is 5.75 Å². The number of rotatable bonds is 1. The second-order valence-corrected chi connectivity index (χ2v) is 2.00. The molecule has 0 amide bonds. The molecule has 3 nitrogen and oxygen atoms in total. The summed E-state index contributed by atoms with van der Waals surface area (Å²) in [5, 5.41) is 8.75. The maximum atomic E-state index is 8.75. The zero-order valence-corrected chi connectivity index (χ0v) is 5.16. The molecule has 0 fully saturated rings. The van der Waals surface area contributed by atoms with Crippen molar-refractivity contribution < 1.29 is 9.52 Å². The zero-order chi connectivity index (χ0) is 6.85. The Morgan fingerprint density at radius 3 is 2.67 bits per heavy atom. The molecule has 0 radical (unpaired) electrons. The molecule has 0 spiro atoms. The highest BCUT2D eigenvalue weighted by molar-refractivity contribution is 5.18. The van der Waals surface area contributed by atoms with Gasteiger partial charge >= 0.3 is 0 Å². The van der Waals surface area contributed by atoms with Gasteiger partial charge in [0, 0.05) is 6.07 Å². The van der Waals surface area contributed by atoms with Crippen LogP contribution >= 0.6 is 0 Å². The Hall–Kier alpha value is -0.960. The van der Waals surface area contributed by atoms with Gasteiger partial charge in [0.1, 0.15) is 12.0 Å². The molecule has 0 aromatic carbocycles. The second-order valence-electron chi connectivity index (χ2n) is 2.00. The summed E-state index contributed by atoms with van der Waals surface area (Å²) in [7, 11) is 0. The molecule has 1 aromatic heterocycles. The normalized spacial score (nSPS) is 13.6. The van der Waals surface area contributed by atoms with Gasteiger partial charge < -0.3 is 15.3 Å². The van der Waals surface area contributed by atoms with Crippen LogP contribution in [-0.2, 0) is 0 Å². The van der Waals surface area contributed by atoms with Crippen molar-refractivity contribution in [1.82, 2.24) is 0 Å². The maximum Gasteiger partial charge on any atom is 0.154 e. The summed E-state index contributed by atoms with van der Waals surface area (Å²) in [4.78, 5) is 0. The number of nitrogens with two attached hydrogens (primary N) is 1. The molecule has 0 aliphatic carbocycles. The summed E-state index contributed by atoms with van der Waals surface area (Å²) in [5.74, 6) is 0.731. The number of furan rings is 1. The lowest BCUT2D eigenvalue weighted by atomic mass is 10.3. The molecule has 1 aromatic rings. The van der Waals surface area contributed by atoms with E-state index < -0.39 is 0 Å². The molecule has 0 aliphatic heterocycles. The fourth-order valence-corrected chi connectivity index (χ4v) is 0.581. The van der Waals surface area contributed by atoms with Crippen molar-refractivity contribution in [3.8, 4) is 5.75 Å². The van der Waals surface area contributed by atoms with Crippen LogP contribution in [0.1, 0.15) is 18.7 Å². The van der Waals surface area contributed by atoms with Gasteiger partial charge in [0.25, 0.3) is 0 Å². The van der Waals surface area contributed by atoms with Crippen LogP contribution in [0.4, 0.5) is 0 Å². The summed E-state index contributed by atoms with van der Waals surface area (Å²) in [6, 6.07) is 1.36. The Balaban J connectivity index is 2.85. The van der Waals surface area contributed by atoms with E-state index in [1.807, 2.05) is 0 Å². The maximum absolute atomic E-state index is 8.75. The summed E-state index contributed by atoms with van der Waals surface area (Å²) in [6.07, 6.45) is 1.26. The van der Waals surface area contributed by atoms with E-state index in [0.29, 0.717) is 5.76 Å². The molecule has 0 unspecified atom stereocenters. The molecular weight excluding hydrogens is 118 g/mol. The van der Waals surface area contributed by atoms with Crippen LogP contribution in [0.15, 0.2) is 16.7 Å². The fraction of sp³-hybridized carbons (Fsp3) is 0.333. The first-order valence-electron chi connectivity index (χ1n) is 2.73. The van der Waals surface area contributed by atoms with Crippen molar-refractivity contribution in [3.05, 3.63) is 18.1 Å². The lowest BCUT2D eigenvalue weighted by molar-refractivity contribution is 0.444. The molecule has 1 atom stereocenters. The molecular formula is C6H9NO2. The summed E-state index contributed by atoms with van der Waals surface area (Å²) in [6.45, 7) is 1.79. The van der Waals surface area contributed by atoms with Gasteiger partial charge in [-0.25, -0.2) is 0 Å². The van der Waals surface area contributed by atoms with Gasteiger partial charge in [0.2, 0.25) is 0 Å². The van der Waals surface area contributed by atoms with Gasteiger partial charge in [-0.05, 0) is 6.92 Å². The molecule has 3 N–H and O–H groups in total. The van der Waals surface area contributed by atoms with Gasteiger partial charge in [-0.2, -0.15) is 0 Å². The standard InChI is InChI=1S/C6H9NO2/c1-4(7)6-2-5(8)3-9-6/h2-4,8H,7H2,1H3/t4-/m1/s1. The second kappa shape index (κ2) is 2.11. The summed E-state index contributed by atoms with van der Waals surface area (Å²) < 4.78 is 4.85. The quantitative estimate of drug-likeness (QED) is 0.591. The smallest absolute Gasteiger partial charge is 0.154 e. The van der Waals surface area contributed by atoms with Gasteiger partial charge in [-0.3, -0.25) is 0 Å². The van der Waals surface area contributed by atoms with Crippen LogP contribution in [-0.4, -0.2) is 5.11 Å². The van der Waals surface area contributed by atoms with Crippen molar-refractivity contribution in [3.63, 3.8) is 0 Å². The SMILES string of the molecule is C[C@@H](N)c1cc(O)co1. The molecule has 3 heteroatoms. The number of aromatic hydroxyl groups is 1. The Bertz CT molecular complexity index is 193. The molecule has 1 heterocycles. The first-order valence-corrected chi connectivity index (χ1v) is 2.73. The number of hydrogen-bond acceptors (Lipinski definition) is 3. The average Bonchev–Trinajstić information content (AvgIpc) is 2.14. The van der Waals surface area contributed by atoms with Crippen molar-refractivity contribution in [1.29, 1.82) is 0 Å². The minimum absolute atomic E-state index is 0.127. The predicted molar refractivity (Wildman–Crippen MR) is 33.0 cm³/mol. The van der Waals surface area contributed by atoms with E-state index in [9.17, 15) is 0 Å². The Kier molecular flexibility index (Phi) is 1.44. The Morgan fingerprint density at radius 2 is 2.44 bits per heavy atom. The van der Waals surface area contributed by atoms with Crippen molar-refractivity contribution >= 4 is 0 Å². The third kappa shape index (κ3) is 1.23. The van der Waals surface area contributed by atoms with Crippen molar-refractivity contribution in [2.24, 2.45) is 5.73 Å². The molecule has 9 heavy (non-hydrogen) atoms. The largest absolute Gasteiger partial charge is 0.505 e. The third-order valence-corrected chi connectivity index (χ3v) is 1.05. The van der Waals surface area contributed by atoms with E-state index >= 15 is 0 Å². The highest BCUT2D eigenvalue weighted by atomic mass is 16.4. The Labute approximate surface area is 53.1 Å². The van der Waals surface area contributed by atoms with E-state index in [-0.39, 0.29) is 11.8 Å². The molecule has 0 saturated heterocycles. The summed E-state index contributed by atoms with van der Waals surface area (Å²) >= 11 is 0. The molecule has 0 saturated carbocycles. The van der Waals surface area contributed by atoms with E-state index in [1.54, 1.807) is 6.92 Å². The average molecular weight is 127 g/mol. The van der Waals surface area contributed by atoms with Crippen LogP contribution in [0.3, 0.4) is 0 Å². The monoisotopic (exact) mass is 127 g/mol. The topological polar surface area (TPSA) is 59.4 Å². The first-order chi connectivity index (χ1) is 4.20. The van der Waals surface area contributed by atoms with Crippen LogP contribution in [0.5, 0.6) is 5.75 Å². The summed E-state index contributed by atoms with van der Waals surface area (Å²) in [5.41, 5.74) is 5.42. The van der Waals surface area contributed by atoms with Crippen LogP contribution in [0.25, 0.3) is 0 Å². The molecule has 50 valence electrons. The number of hydrogen-bond donors (Lipinski definition) is 2. The van der Waals surface area contributed by atoms with Crippen LogP contribution in [0.2, 0.25) is 0 Å². The Morgan fingerprint density at radius 1 is 1.78 bits per heavy atom. The highest BCUT2D eigenvalue weighted by Gasteiger charge is 2.03. The zero-order valence-electron chi connectivity index (χ0n) is 5.16. The fourth-order valence-electron chi connectivity index (χ4n) is 0.581. The minimum Gasteiger partial charge on any atom is -0.505 e. The van der Waals surface area contributed by atoms with Crippen LogP contribution in [0, 0.1) is 0 Å². The van der Waals surface area contributed by atoms with Gasteiger partial charge in [-0.1, -0.05) is 0 Å². The van der Waals surface area contributed by atoms with Crippen LogP contribution < -0.4 is 5.73 Å². The molecule has 0 bridgehead atoms. The van der Waals surface area contributed by atoms with E-state index in [4.69, 9.17) is 15.3 Å². The van der Waals surface area contributed by atoms with E-state index in [0.717, 1.165) is 0 Å². The van der Waals surface area contributed by atoms with Gasteiger partial charge in [0.05, 0.1) is 6.04 Å². The lowest BCUT2D eigenvalue weighted by Crippen LogP contribution is -2.02. The lowest BCUT2D eigenvalue weighted by Gasteiger charge is -1.95. The first kappa shape index (κ1) is 6.16. The van der Waals surface area contributed by atoms with Crippen molar-refractivity contribution in [2.75, 3.05) is 0 Å². The van der Waals surface area contributed by atoms with Crippen molar-refractivity contribution in [2.45, 2.75) is 13.0 Å².